The SMILES string of the molecule is CN(C)C(=O)Cc1ccc(NC(=S)NC(=O)CCCOc2ccc(Cl)cc2Cl)cc1. The number of halogens is 2. The minimum atomic E-state index is -0.216. The molecule has 0 saturated carbocycles. The molecule has 6 nitrogen and oxygen atoms in total. The molecular formula is C21H23Cl2N3O3S. The highest BCUT2D eigenvalue weighted by Crippen LogP contribution is 2.27. The van der Waals surface area contributed by atoms with Crippen molar-refractivity contribution in [1.29, 1.82) is 0 Å². The third-order valence-electron chi connectivity index (χ3n) is 4.02. The Labute approximate surface area is 191 Å². The van der Waals surface area contributed by atoms with Gasteiger partial charge < -0.3 is 20.3 Å². The minimum Gasteiger partial charge on any atom is -0.492 e. The molecule has 0 saturated heterocycles. The standard InChI is InChI=1S/C21H23Cl2N3O3S/c1-26(2)20(28)12-14-5-8-16(9-6-14)24-21(30)25-19(27)4-3-11-29-18-10-7-15(22)13-17(18)23/h5-10,13H,3-4,11-12H2,1-2H3,(H2,24,25,27,30). The summed E-state index contributed by atoms with van der Waals surface area (Å²) in [7, 11) is 3.44. The normalized spacial score (nSPS) is 10.3. The van der Waals surface area contributed by atoms with Gasteiger partial charge in [-0.25, -0.2) is 0 Å². The molecule has 0 unspecified atom stereocenters. The van der Waals surface area contributed by atoms with Gasteiger partial charge in [-0.15, -0.1) is 0 Å². The van der Waals surface area contributed by atoms with Gasteiger partial charge in [0, 0.05) is 31.2 Å². The van der Waals surface area contributed by atoms with Crippen LogP contribution in [-0.4, -0.2) is 42.5 Å². The molecule has 2 aromatic carbocycles. The van der Waals surface area contributed by atoms with Gasteiger partial charge in [0.05, 0.1) is 18.1 Å². The number of likely N-dealkylation sites (N-methyl/N-ethyl adjacent to an activating group) is 1. The largest absolute Gasteiger partial charge is 0.492 e. The van der Waals surface area contributed by atoms with Crippen LogP contribution >= 0.6 is 35.4 Å². The average molecular weight is 468 g/mol. The van der Waals surface area contributed by atoms with Gasteiger partial charge in [-0.1, -0.05) is 35.3 Å². The second kappa shape index (κ2) is 11.7. The van der Waals surface area contributed by atoms with Gasteiger partial charge in [-0.3, -0.25) is 9.59 Å². The third-order valence-corrected chi connectivity index (χ3v) is 4.75. The molecule has 0 radical (unpaired) electrons. The third kappa shape index (κ3) is 8.18. The lowest BCUT2D eigenvalue weighted by molar-refractivity contribution is -0.128. The van der Waals surface area contributed by atoms with Crippen molar-refractivity contribution in [2.45, 2.75) is 19.3 Å². The number of hydrogen-bond donors (Lipinski definition) is 2. The Bertz CT molecular complexity index is 905. The molecule has 9 heteroatoms. The predicted molar refractivity (Wildman–Crippen MR) is 124 cm³/mol. The van der Waals surface area contributed by atoms with Crippen molar-refractivity contribution in [2.75, 3.05) is 26.0 Å². The van der Waals surface area contributed by atoms with E-state index < -0.39 is 0 Å². The van der Waals surface area contributed by atoms with Crippen molar-refractivity contribution >= 4 is 58.0 Å². The fraction of sp³-hybridized carbons (Fsp3) is 0.286. The molecule has 0 atom stereocenters. The van der Waals surface area contributed by atoms with E-state index in [1.807, 2.05) is 12.1 Å². The molecular weight excluding hydrogens is 445 g/mol. The van der Waals surface area contributed by atoms with Crippen LogP contribution in [-0.2, 0) is 16.0 Å². The maximum atomic E-state index is 12.0. The van der Waals surface area contributed by atoms with Gasteiger partial charge in [0.15, 0.2) is 5.11 Å². The van der Waals surface area contributed by atoms with Crippen LogP contribution in [0.2, 0.25) is 10.0 Å². The Morgan fingerprint density at radius 2 is 1.80 bits per heavy atom. The Hall–Kier alpha value is -2.35. The summed E-state index contributed by atoms with van der Waals surface area (Å²) in [5.41, 5.74) is 1.62. The van der Waals surface area contributed by atoms with E-state index in [4.69, 9.17) is 40.2 Å². The molecule has 0 aliphatic rings. The first-order valence-electron chi connectivity index (χ1n) is 9.22. The zero-order valence-corrected chi connectivity index (χ0v) is 19.0. The molecule has 2 aromatic rings. The lowest BCUT2D eigenvalue weighted by Gasteiger charge is -2.12. The first-order valence-corrected chi connectivity index (χ1v) is 10.4. The predicted octanol–water partition coefficient (Wildman–Crippen LogP) is 4.30. The first-order chi connectivity index (χ1) is 14.2. The number of ether oxygens (including phenoxy) is 1. The Balaban J connectivity index is 1.70. The number of carbonyl (C=O) groups is 2. The summed E-state index contributed by atoms with van der Waals surface area (Å²) in [4.78, 5) is 25.3. The molecule has 2 amide bonds. The summed E-state index contributed by atoms with van der Waals surface area (Å²) >= 11 is 17.0. The number of amides is 2. The number of benzene rings is 2. The van der Waals surface area contributed by atoms with Crippen LogP contribution in [0.1, 0.15) is 18.4 Å². The maximum Gasteiger partial charge on any atom is 0.226 e. The van der Waals surface area contributed by atoms with E-state index in [2.05, 4.69) is 10.6 Å². The summed E-state index contributed by atoms with van der Waals surface area (Å²) in [6, 6.07) is 12.3. The molecule has 0 heterocycles. The Kier molecular flexibility index (Phi) is 9.36. The van der Waals surface area contributed by atoms with Gasteiger partial charge in [0.25, 0.3) is 0 Å². The van der Waals surface area contributed by atoms with Gasteiger partial charge in [-0.2, -0.15) is 0 Å². The van der Waals surface area contributed by atoms with Gasteiger partial charge in [-0.05, 0) is 54.5 Å². The summed E-state index contributed by atoms with van der Waals surface area (Å²) in [5.74, 6) is 0.335. The molecule has 0 aliphatic heterocycles. The number of rotatable bonds is 8. The number of hydrogen-bond acceptors (Lipinski definition) is 4. The van der Waals surface area contributed by atoms with Crippen molar-refractivity contribution in [1.82, 2.24) is 10.2 Å². The van der Waals surface area contributed by atoms with Crippen molar-refractivity contribution in [3.05, 3.63) is 58.1 Å². The fourth-order valence-electron chi connectivity index (χ4n) is 2.40. The zero-order chi connectivity index (χ0) is 22.1. The highest BCUT2D eigenvalue weighted by molar-refractivity contribution is 7.80. The van der Waals surface area contributed by atoms with Crippen molar-refractivity contribution in [2.24, 2.45) is 0 Å². The zero-order valence-electron chi connectivity index (χ0n) is 16.7. The van der Waals surface area contributed by atoms with Crippen molar-refractivity contribution in [3.63, 3.8) is 0 Å². The highest BCUT2D eigenvalue weighted by atomic mass is 35.5. The van der Waals surface area contributed by atoms with Crippen molar-refractivity contribution in [3.8, 4) is 5.75 Å². The molecule has 0 fully saturated rings. The van der Waals surface area contributed by atoms with Crippen LogP contribution in [0.4, 0.5) is 5.69 Å². The van der Waals surface area contributed by atoms with Crippen molar-refractivity contribution < 1.29 is 14.3 Å². The van der Waals surface area contributed by atoms with Crippen LogP contribution in [0.25, 0.3) is 0 Å². The topological polar surface area (TPSA) is 70.7 Å². The Morgan fingerprint density at radius 1 is 1.10 bits per heavy atom. The van der Waals surface area contributed by atoms with E-state index in [0.717, 1.165) is 11.3 Å². The fourth-order valence-corrected chi connectivity index (χ4v) is 3.09. The first kappa shape index (κ1) is 23.9. The lowest BCUT2D eigenvalue weighted by atomic mass is 10.1. The molecule has 0 bridgehead atoms. The number of anilines is 1. The van der Waals surface area contributed by atoms with Gasteiger partial charge in [0.1, 0.15) is 5.75 Å². The summed E-state index contributed by atoms with van der Waals surface area (Å²) < 4.78 is 5.55. The Morgan fingerprint density at radius 3 is 2.43 bits per heavy atom. The quantitative estimate of drug-likeness (QED) is 0.447. The summed E-state index contributed by atoms with van der Waals surface area (Å²) in [5, 5.41) is 6.74. The monoisotopic (exact) mass is 467 g/mol. The molecule has 160 valence electrons. The maximum absolute atomic E-state index is 12.0. The van der Waals surface area contributed by atoms with E-state index in [1.165, 1.54) is 0 Å². The van der Waals surface area contributed by atoms with E-state index in [1.54, 1.807) is 49.3 Å². The highest BCUT2D eigenvalue weighted by Gasteiger charge is 2.08. The van der Waals surface area contributed by atoms with Crippen LogP contribution < -0.4 is 15.4 Å². The smallest absolute Gasteiger partial charge is 0.226 e. The number of thiocarbonyl (C=S) groups is 1. The van der Waals surface area contributed by atoms with E-state index >= 15 is 0 Å². The van der Waals surface area contributed by atoms with Crippen LogP contribution in [0.5, 0.6) is 5.75 Å². The average Bonchev–Trinajstić information content (AvgIpc) is 2.68. The number of nitrogens with zero attached hydrogens (tertiary/aromatic N) is 1. The second-order valence-electron chi connectivity index (χ2n) is 6.69. The van der Waals surface area contributed by atoms with Gasteiger partial charge in [0.2, 0.25) is 11.8 Å². The molecule has 0 aliphatic carbocycles. The summed E-state index contributed by atoms with van der Waals surface area (Å²) in [6.07, 6.45) is 1.08. The number of nitrogens with one attached hydrogen (secondary N) is 2. The van der Waals surface area contributed by atoms with Crippen LogP contribution in [0.15, 0.2) is 42.5 Å². The summed E-state index contributed by atoms with van der Waals surface area (Å²) in [6.45, 7) is 0.335. The van der Waals surface area contributed by atoms with E-state index in [9.17, 15) is 9.59 Å². The van der Waals surface area contributed by atoms with Crippen LogP contribution in [0.3, 0.4) is 0 Å². The molecule has 30 heavy (non-hydrogen) atoms. The number of carbonyl (C=O) groups excluding carboxylic acids is 2. The van der Waals surface area contributed by atoms with Gasteiger partial charge >= 0.3 is 0 Å². The van der Waals surface area contributed by atoms with Crippen LogP contribution in [0, 0.1) is 0 Å². The minimum absolute atomic E-state index is 0.0285. The lowest BCUT2D eigenvalue weighted by Crippen LogP contribution is -2.34. The molecule has 0 aromatic heterocycles. The van der Waals surface area contributed by atoms with E-state index in [-0.39, 0.29) is 23.3 Å². The molecule has 0 spiro atoms. The second-order valence-corrected chi connectivity index (χ2v) is 7.94. The molecule has 2 rings (SSSR count). The molecule has 2 N–H and O–H groups in total. The van der Waals surface area contributed by atoms with E-state index in [0.29, 0.717) is 35.2 Å².